The van der Waals surface area contributed by atoms with Crippen LogP contribution in [0.5, 0.6) is 0 Å². The first-order valence-corrected chi connectivity index (χ1v) is 9.31. The van der Waals surface area contributed by atoms with Gasteiger partial charge in [0.1, 0.15) is 6.07 Å². The number of hydrogen-bond donors (Lipinski definition) is 1. The van der Waals surface area contributed by atoms with Crippen LogP contribution >= 0.6 is 11.6 Å². The molecule has 140 valence electrons. The van der Waals surface area contributed by atoms with Crippen molar-refractivity contribution in [3.8, 4) is 17.2 Å². The monoisotopic (exact) mass is 383 g/mol. The van der Waals surface area contributed by atoms with Gasteiger partial charge in [-0.1, -0.05) is 29.8 Å². The number of carbonyl (C=O) groups is 1. The van der Waals surface area contributed by atoms with Crippen LogP contribution in [0.1, 0.15) is 22.3 Å². The van der Waals surface area contributed by atoms with Gasteiger partial charge in [-0.25, -0.2) is 0 Å². The maximum Gasteiger partial charge on any atom is 0.253 e. The zero-order valence-electron chi connectivity index (χ0n) is 15.2. The van der Waals surface area contributed by atoms with Crippen molar-refractivity contribution in [1.29, 1.82) is 5.26 Å². The number of aliphatic hydroxyl groups is 1. The van der Waals surface area contributed by atoms with Crippen molar-refractivity contribution in [3.05, 3.63) is 58.6 Å². The Balaban J connectivity index is 1.74. The van der Waals surface area contributed by atoms with E-state index in [1.54, 1.807) is 12.1 Å². The average molecular weight is 384 g/mol. The highest BCUT2D eigenvalue weighted by molar-refractivity contribution is 6.32. The standard InChI is InChI=1S/C21H22ClN3O2/c1-24-9-10-25(14-19(24)8-11-26)21(27)16-4-2-15(3-5-16)17-6-7-18(13-23)20(22)12-17/h2-7,12,19,26H,8-11,14H2,1H3/t19-/m1/s1. The predicted molar refractivity (Wildman–Crippen MR) is 106 cm³/mol. The Kier molecular flexibility index (Phi) is 6.12. The first-order valence-electron chi connectivity index (χ1n) is 8.94. The molecule has 1 amide bonds. The number of amides is 1. The molecule has 0 aliphatic carbocycles. The van der Waals surface area contributed by atoms with E-state index in [2.05, 4.69) is 4.90 Å². The summed E-state index contributed by atoms with van der Waals surface area (Å²) in [5, 5.41) is 18.6. The van der Waals surface area contributed by atoms with Gasteiger partial charge in [0.2, 0.25) is 0 Å². The van der Waals surface area contributed by atoms with Crippen molar-refractivity contribution in [1.82, 2.24) is 9.80 Å². The first kappa shape index (κ1) is 19.4. The van der Waals surface area contributed by atoms with E-state index in [1.165, 1.54) is 0 Å². The van der Waals surface area contributed by atoms with E-state index in [4.69, 9.17) is 16.9 Å². The molecule has 0 radical (unpaired) electrons. The number of nitriles is 1. The third-order valence-corrected chi connectivity index (χ3v) is 5.39. The van der Waals surface area contributed by atoms with E-state index in [9.17, 15) is 9.90 Å². The molecule has 1 N–H and O–H groups in total. The molecule has 6 heteroatoms. The summed E-state index contributed by atoms with van der Waals surface area (Å²) in [5.74, 6) is 0.00968. The van der Waals surface area contributed by atoms with E-state index in [0.29, 0.717) is 35.7 Å². The van der Waals surface area contributed by atoms with Gasteiger partial charge in [0.25, 0.3) is 5.91 Å². The zero-order valence-corrected chi connectivity index (χ0v) is 16.0. The molecule has 2 aromatic carbocycles. The fourth-order valence-corrected chi connectivity index (χ4v) is 3.59. The minimum atomic E-state index is 0.00968. The zero-order chi connectivity index (χ0) is 19.4. The Morgan fingerprint density at radius 3 is 2.56 bits per heavy atom. The molecule has 5 nitrogen and oxygen atoms in total. The molecule has 1 aliphatic heterocycles. The molecule has 0 saturated carbocycles. The van der Waals surface area contributed by atoms with Crippen LogP contribution in [0.25, 0.3) is 11.1 Å². The maximum absolute atomic E-state index is 12.8. The Labute approximate surface area is 164 Å². The molecule has 1 aliphatic rings. The predicted octanol–water partition coefficient (Wildman–Crippen LogP) is 3.02. The molecule has 0 unspecified atom stereocenters. The topological polar surface area (TPSA) is 67.6 Å². The van der Waals surface area contributed by atoms with Crippen molar-refractivity contribution in [2.75, 3.05) is 33.3 Å². The second kappa shape index (κ2) is 8.53. The summed E-state index contributed by atoms with van der Waals surface area (Å²) in [6.07, 6.45) is 0.665. The Bertz CT molecular complexity index is 861. The number of carbonyl (C=O) groups excluding carboxylic acids is 1. The number of piperazine rings is 1. The molecule has 1 fully saturated rings. The van der Waals surface area contributed by atoms with Gasteiger partial charge in [0, 0.05) is 37.8 Å². The Morgan fingerprint density at radius 1 is 1.22 bits per heavy atom. The maximum atomic E-state index is 12.8. The summed E-state index contributed by atoms with van der Waals surface area (Å²) in [5.41, 5.74) is 2.93. The van der Waals surface area contributed by atoms with Gasteiger partial charge in [-0.3, -0.25) is 9.69 Å². The molecule has 27 heavy (non-hydrogen) atoms. The van der Waals surface area contributed by atoms with E-state index in [0.717, 1.165) is 17.7 Å². The van der Waals surface area contributed by atoms with Gasteiger partial charge < -0.3 is 10.0 Å². The van der Waals surface area contributed by atoms with Crippen LogP contribution < -0.4 is 0 Å². The van der Waals surface area contributed by atoms with E-state index < -0.39 is 0 Å². The summed E-state index contributed by atoms with van der Waals surface area (Å²) in [6, 6.07) is 15.0. The van der Waals surface area contributed by atoms with Gasteiger partial charge in [-0.2, -0.15) is 5.26 Å². The third-order valence-electron chi connectivity index (χ3n) is 5.08. The molecule has 2 aromatic rings. The molecule has 0 aromatic heterocycles. The number of aliphatic hydroxyl groups excluding tert-OH is 1. The fraction of sp³-hybridized carbons (Fsp3) is 0.333. The highest BCUT2D eigenvalue weighted by atomic mass is 35.5. The molecule has 3 rings (SSSR count). The third kappa shape index (κ3) is 4.30. The Morgan fingerprint density at radius 2 is 1.93 bits per heavy atom. The lowest BCUT2D eigenvalue weighted by atomic mass is 10.0. The van der Waals surface area contributed by atoms with Crippen molar-refractivity contribution >= 4 is 17.5 Å². The highest BCUT2D eigenvalue weighted by Gasteiger charge is 2.27. The SMILES string of the molecule is CN1CCN(C(=O)c2ccc(-c3ccc(C#N)c(Cl)c3)cc2)C[C@H]1CCO. The summed E-state index contributed by atoms with van der Waals surface area (Å²) in [6.45, 7) is 2.24. The lowest BCUT2D eigenvalue weighted by Crippen LogP contribution is -2.53. The van der Waals surface area contributed by atoms with Crippen molar-refractivity contribution in [2.24, 2.45) is 0 Å². The van der Waals surface area contributed by atoms with Gasteiger partial charge in [-0.05, 0) is 48.9 Å². The molecular weight excluding hydrogens is 362 g/mol. The molecule has 1 heterocycles. The van der Waals surface area contributed by atoms with Crippen LogP contribution in [0.15, 0.2) is 42.5 Å². The van der Waals surface area contributed by atoms with E-state index in [1.807, 2.05) is 48.3 Å². The summed E-state index contributed by atoms with van der Waals surface area (Å²) < 4.78 is 0. The van der Waals surface area contributed by atoms with Crippen molar-refractivity contribution in [3.63, 3.8) is 0 Å². The quantitative estimate of drug-likeness (QED) is 0.881. The van der Waals surface area contributed by atoms with E-state index >= 15 is 0 Å². The van der Waals surface area contributed by atoms with Crippen molar-refractivity contribution in [2.45, 2.75) is 12.5 Å². The molecular formula is C21H22ClN3O2. The normalized spacial score (nSPS) is 17.6. The molecule has 1 saturated heterocycles. The summed E-state index contributed by atoms with van der Waals surface area (Å²) in [7, 11) is 2.03. The minimum absolute atomic E-state index is 0.00968. The van der Waals surface area contributed by atoms with Crippen LogP contribution in [0.2, 0.25) is 5.02 Å². The number of nitrogens with zero attached hydrogens (tertiary/aromatic N) is 3. The van der Waals surface area contributed by atoms with E-state index in [-0.39, 0.29) is 18.6 Å². The summed E-state index contributed by atoms with van der Waals surface area (Å²) >= 11 is 6.11. The number of benzene rings is 2. The second-order valence-electron chi connectivity index (χ2n) is 6.78. The Hall–Kier alpha value is -2.39. The van der Waals surface area contributed by atoms with Crippen LogP contribution in [-0.2, 0) is 0 Å². The smallest absolute Gasteiger partial charge is 0.253 e. The number of rotatable bonds is 4. The van der Waals surface area contributed by atoms with Crippen LogP contribution in [-0.4, -0.2) is 60.1 Å². The minimum Gasteiger partial charge on any atom is -0.396 e. The van der Waals surface area contributed by atoms with Crippen LogP contribution in [0, 0.1) is 11.3 Å². The number of hydrogen-bond acceptors (Lipinski definition) is 4. The molecule has 1 atom stereocenters. The van der Waals surface area contributed by atoms with Crippen molar-refractivity contribution < 1.29 is 9.90 Å². The van der Waals surface area contributed by atoms with Gasteiger partial charge in [0.15, 0.2) is 0 Å². The highest BCUT2D eigenvalue weighted by Crippen LogP contribution is 2.26. The number of likely N-dealkylation sites (N-methyl/N-ethyl adjacent to an activating group) is 1. The summed E-state index contributed by atoms with van der Waals surface area (Å²) in [4.78, 5) is 16.9. The fourth-order valence-electron chi connectivity index (χ4n) is 3.36. The molecule has 0 spiro atoms. The number of halogens is 1. The van der Waals surface area contributed by atoms with Gasteiger partial charge >= 0.3 is 0 Å². The van der Waals surface area contributed by atoms with Gasteiger partial charge in [-0.15, -0.1) is 0 Å². The lowest BCUT2D eigenvalue weighted by Gasteiger charge is -2.39. The largest absolute Gasteiger partial charge is 0.396 e. The first-order chi connectivity index (χ1) is 13.0. The lowest BCUT2D eigenvalue weighted by molar-refractivity contribution is 0.0500. The average Bonchev–Trinajstić information content (AvgIpc) is 2.69. The van der Waals surface area contributed by atoms with Crippen LogP contribution in [0.4, 0.5) is 0 Å². The van der Waals surface area contributed by atoms with Gasteiger partial charge in [0.05, 0.1) is 10.6 Å². The van der Waals surface area contributed by atoms with Crippen LogP contribution in [0.3, 0.4) is 0 Å². The molecule has 0 bridgehead atoms. The second-order valence-corrected chi connectivity index (χ2v) is 7.19.